The van der Waals surface area contributed by atoms with Crippen molar-refractivity contribution < 1.29 is 0 Å². The van der Waals surface area contributed by atoms with Crippen molar-refractivity contribution >= 4 is 0 Å². The van der Waals surface area contributed by atoms with E-state index in [0.717, 1.165) is 17.8 Å². The summed E-state index contributed by atoms with van der Waals surface area (Å²) in [6, 6.07) is 0. The van der Waals surface area contributed by atoms with Crippen LogP contribution in [0.1, 0.15) is 52.9 Å². The molecule has 0 amide bonds. The summed E-state index contributed by atoms with van der Waals surface area (Å²) in [5.74, 6) is 2.33. The number of hydrogen-bond donors (Lipinski definition) is 0. The molecule has 1 aliphatic carbocycles. The van der Waals surface area contributed by atoms with Crippen LogP contribution in [0, 0.1) is 17.8 Å². The number of piperidine rings is 1. The third kappa shape index (κ3) is 4.01. The van der Waals surface area contributed by atoms with Crippen molar-refractivity contribution in [1.82, 2.24) is 4.90 Å². The van der Waals surface area contributed by atoms with Gasteiger partial charge >= 0.3 is 0 Å². The van der Waals surface area contributed by atoms with E-state index in [1.54, 1.807) is 5.57 Å². The highest BCUT2D eigenvalue weighted by atomic mass is 15.1. The van der Waals surface area contributed by atoms with E-state index in [9.17, 15) is 0 Å². The van der Waals surface area contributed by atoms with Crippen LogP contribution in [0.25, 0.3) is 0 Å². The van der Waals surface area contributed by atoms with Gasteiger partial charge in [-0.1, -0.05) is 44.2 Å². The first-order valence-corrected chi connectivity index (χ1v) is 8.39. The first-order valence-electron chi connectivity index (χ1n) is 8.39. The van der Waals surface area contributed by atoms with Crippen molar-refractivity contribution in [3.63, 3.8) is 0 Å². The molecule has 112 valence electrons. The fourth-order valence-electron chi connectivity index (χ4n) is 3.57. The summed E-state index contributed by atoms with van der Waals surface area (Å²) in [6.45, 7) is 13.3. The average Bonchev–Trinajstić information content (AvgIpc) is 2.46. The third-order valence-corrected chi connectivity index (χ3v) is 5.09. The molecular weight excluding hydrogens is 242 g/mol. The third-order valence-electron chi connectivity index (χ3n) is 5.09. The van der Waals surface area contributed by atoms with Gasteiger partial charge in [-0.3, -0.25) is 0 Å². The normalized spacial score (nSPS) is 30.2. The molecule has 3 unspecified atom stereocenters. The highest BCUT2D eigenvalue weighted by molar-refractivity contribution is 5.25. The van der Waals surface area contributed by atoms with Crippen LogP contribution in [0.15, 0.2) is 36.1 Å². The van der Waals surface area contributed by atoms with Gasteiger partial charge in [-0.25, -0.2) is 0 Å². The number of rotatable bonds is 5. The van der Waals surface area contributed by atoms with Crippen LogP contribution in [0.5, 0.6) is 0 Å². The Kier molecular flexibility index (Phi) is 5.51. The zero-order chi connectivity index (χ0) is 14.5. The zero-order valence-corrected chi connectivity index (χ0v) is 13.6. The van der Waals surface area contributed by atoms with Gasteiger partial charge in [0.1, 0.15) is 0 Å². The number of hydrogen-bond acceptors (Lipinski definition) is 1. The monoisotopic (exact) mass is 273 g/mol. The minimum Gasteiger partial charge on any atom is -0.375 e. The Bertz CT molecular complexity index is 391. The molecule has 0 aromatic rings. The Hall–Kier alpha value is -0.980. The molecule has 20 heavy (non-hydrogen) atoms. The fourth-order valence-corrected chi connectivity index (χ4v) is 3.57. The Balaban J connectivity index is 1.83. The van der Waals surface area contributed by atoms with Gasteiger partial charge in [-0.2, -0.15) is 0 Å². The van der Waals surface area contributed by atoms with Crippen molar-refractivity contribution in [2.75, 3.05) is 13.1 Å². The minimum atomic E-state index is 0.720. The number of likely N-dealkylation sites (tertiary alicyclic amines) is 1. The van der Waals surface area contributed by atoms with E-state index in [2.05, 4.69) is 50.5 Å². The van der Waals surface area contributed by atoms with E-state index in [1.807, 2.05) is 0 Å². The van der Waals surface area contributed by atoms with Crippen molar-refractivity contribution in [1.29, 1.82) is 0 Å². The van der Waals surface area contributed by atoms with E-state index in [4.69, 9.17) is 0 Å². The van der Waals surface area contributed by atoms with E-state index < -0.39 is 0 Å². The lowest BCUT2D eigenvalue weighted by Gasteiger charge is -2.34. The van der Waals surface area contributed by atoms with Crippen LogP contribution < -0.4 is 0 Å². The Morgan fingerprint density at radius 1 is 1.45 bits per heavy atom. The van der Waals surface area contributed by atoms with Gasteiger partial charge in [-0.05, 0) is 56.8 Å². The van der Waals surface area contributed by atoms with Gasteiger partial charge in [0.25, 0.3) is 0 Å². The summed E-state index contributed by atoms with van der Waals surface area (Å²) in [7, 11) is 0. The molecule has 0 aromatic heterocycles. The molecule has 1 saturated heterocycles. The van der Waals surface area contributed by atoms with Gasteiger partial charge in [0.05, 0.1) is 0 Å². The highest BCUT2D eigenvalue weighted by Gasteiger charge is 2.20. The maximum Gasteiger partial charge on any atom is 0.0203 e. The van der Waals surface area contributed by atoms with Crippen LogP contribution in [-0.4, -0.2) is 18.0 Å². The predicted molar refractivity (Wildman–Crippen MR) is 88.5 cm³/mol. The molecule has 0 aromatic carbocycles. The molecule has 1 heterocycles. The van der Waals surface area contributed by atoms with Crippen molar-refractivity contribution in [3.8, 4) is 0 Å². The molecule has 0 saturated carbocycles. The maximum absolute atomic E-state index is 4.10. The van der Waals surface area contributed by atoms with E-state index in [1.165, 1.54) is 50.9 Å². The summed E-state index contributed by atoms with van der Waals surface area (Å²) in [5.41, 5.74) is 2.81. The molecule has 0 radical (unpaired) electrons. The van der Waals surface area contributed by atoms with Gasteiger partial charge in [0.15, 0.2) is 0 Å². The summed E-state index contributed by atoms with van der Waals surface area (Å²) in [4.78, 5) is 2.47. The number of nitrogens with zero attached hydrogens (tertiary/aromatic N) is 1. The predicted octanol–water partition coefficient (Wildman–Crippen LogP) is 5.17. The van der Waals surface area contributed by atoms with Crippen molar-refractivity contribution in [2.45, 2.75) is 52.9 Å². The van der Waals surface area contributed by atoms with Gasteiger partial charge in [0, 0.05) is 18.8 Å². The zero-order valence-electron chi connectivity index (χ0n) is 13.6. The molecule has 1 nitrogen and oxygen atoms in total. The molecule has 1 heteroatoms. The maximum atomic E-state index is 4.10. The van der Waals surface area contributed by atoms with Crippen LogP contribution in [0.3, 0.4) is 0 Å². The van der Waals surface area contributed by atoms with Crippen LogP contribution >= 0.6 is 0 Å². The highest BCUT2D eigenvalue weighted by Crippen LogP contribution is 2.30. The van der Waals surface area contributed by atoms with Crippen LogP contribution in [0.2, 0.25) is 0 Å². The molecule has 2 aliphatic rings. The van der Waals surface area contributed by atoms with Gasteiger partial charge in [0.2, 0.25) is 0 Å². The topological polar surface area (TPSA) is 3.24 Å². The SMILES string of the molecule is C=C(C)N1CCCC(CCC2=CC(CC)C(C)C=C2)C1. The standard InChI is InChI=1S/C19H31N/c1-5-19-13-17(9-8-16(19)4)10-11-18-7-6-12-20(14-18)15(2)3/h8-9,13,16,18-19H,2,5-7,10-12,14H2,1,3-4H3. The Morgan fingerprint density at radius 2 is 2.25 bits per heavy atom. The molecule has 0 bridgehead atoms. The van der Waals surface area contributed by atoms with E-state index >= 15 is 0 Å². The quantitative estimate of drug-likeness (QED) is 0.668. The molecule has 0 N–H and O–H groups in total. The molecule has 3 atom stereocenters. The number of allylic oxidation sites excluding steroid dienone is 5. The largest absolute Gasteiger partial charge is 0.375 e. The lowest BCUT2D eigenvalue weighted by Crippen LogP contribution is -2.33. The molecular formula is C19H31N. The summed E-state index contributed by atoms with van der Waals surface area (Å²) in [6.07, 6.45) is 13.9. The molecule has 1 fully saturated rings. The first-order chi connectivity index (χ1) is 9.60. The van der Waals surface area contributed by atoms with E-state index in [-0.39, 0.29) is 0 Å². The van der Waals surface area contributed by atoms with Gasteiger partial charge in [-0.15, -0.1) is 0 Å². The van der Waals surface area contributed by atoms with Crippen LogP contribution in [-0.2, 0) is 0 Å². The lowest BCUT2D eigenvalue weighted by molar-refractivity contribution is 0.210. The second kappa shape index (κ2) is 7.15. The van der Waals surface area contributed by atoms with Gasteiger partial charge < -0.3 is 4.90 Å². The van der Waals surface area contributed by atoms with E-state index in [0.29, 0.717) is 0 Å². The van der Waals surface area contributed by atoms with Crippen molar-refractivity contribution in [3.05, 3.63) is 36.1 Å². The summed E-state index contributed by atoms with van der Waals surface area (Å²) < 4.78 is 0. The Morgan fingerprint density at radius 3 is 2.95 bits per heavy atom. The summed E-state index contributed by atoms with van der Waals surface area (Å²) in [5, 5.41) is 0. The average molecular weight is 273 g/mol. The smallest absolute Gasteiger partial charge is 0.0203 e. The van der Waals surface area contributed by atoms with Crippen LogP contribution in [0.4, 0.5) is 0 Å². The molecule has 2 rings (SSSR count). The molecule has 0 spiro atoms. The molecule has 1 aliphatic heterocycles. The second-order valence-electron chi connectivity index (χ2n) is 6.76. The lowest BCUT2D eigenvalue weighted by atomic mass is 9.83. The summed E-state index contributed by atoms with van der Waals surface area (Å²) >= 11 is 0. The van der Waals surface area contributed by atoms with Crippen molar-refractivity contribution in [2.24, 2.45) is 17.8 Å². The Labute approximate surface area is 125 Å². The second-order valence-corrected chi connectivity index (χ2v) is 6.76. The minimum absolute atomic E-state index is 0.720. The first kappa shape index (κ1) is 15.4. The fraction of sp³-hybridized carbons (Fsp3) is 0.684.